The maximum atomic E-state index is 13.2. The van der Waals surface area contributed by atoms with Crippen molar-refractivity contribution in [3.05, 3.63) is 58.6 Å². The van der Waals surface area contributed by atoms with Gasteiger partial charge in [-0.3, -0.25) is 4.79 Å². The zero-order valence-electron chi connectivity index (χ0n) is 17.7. The van der Waals surface area contributed by atoms with Gasteiger partial charge in [0, 0.05) is 22.9 Å². The Morgan fingerprint density at radius 2 is 1.77 bits per heavy atom. The summed E-state index contributed by atoms with van der Waals surface area (Å²) in [6.07, 6.45) is 4.62. The van der Waals surface area contributed by atoms with Crippen molar-refractivity contribution in [1.82, 2.24) is 5.32 Å². The molecule has 0 aliphatic heterocycles. The zero-order chi connectivity index (χ0) is 21.5. The Kier molecular flexibility index (Phi) is 8.23. The summed E-state index contributed by atoms with van der Waals surface area (Å²) in [6.45, 7) is 4.48. The van der Waals surface area contributed by atoms with E-state index < -0.39 is 6.04 Å². The molecule has 5 N–H and O–H groups in total. The van der Waals surface area contributed by atoms with Crippen LogP contribution in [-0.4, -0.2) is 24.9 Å². The molecule has 0 fully saturated rings. The number of Topliss-reactive ketones (excluding diaryl/α,β-unsaturated/α-hetero) is 1. The molecule has 0 saturated carbocycles. The lowest BCUT2D eigenvalue weighted by Gasteiger charge is -2.18. The summed E-state index contributed by atoms with van der Waals surface area (Å²) in [6, 6.07) is 13.4. The maximum absolute atomic E-state index is 13.2. The van der Waals surface area contributed by atoms with Crippen LogP contribution in [0.3, 0.4) is 0 Å². The quantitative estimate of drug-likeness (QED) is 0.225. The molecule has 160 valence electrons. The van der Waals surface area contributed by atoms with Crippen LogP contribution in [0.15, 0.2) is 42.5 Å². The molecule has 0 spiro atoms. The van der Waals surface area contributed by atoms with E-state index in [2.05, 4.69) is 24.4 Å². The summed E-state index contributed by atoms with van der Waals surface area (Å²) < 4.78 is 0. The Morgan fingerprint density at radius 1 is 1.03 bits per heavy atom. The standard InChI is InChI=1S/C25H32ClN3O/c1-2-3-15-29-16-21-17-9-4-5-10-19(17)24(26)23-18(21)11-8-12-20(23)25(30)22(28)13-6-7-14-27/h4-5,8-12,22,29H,2-3,6-7,13-16,27-28H2,1H3/t22-/m0/s1. The fraction of sp³-hybridized carbons (Fsp3) is 0.400. The molecular formula is C25H32ClN3O. The van der Waals surface area contributed by atoms with Crippen LogP contribution in [0.5, 0.6) is 0 Å². The van der Waals surface area contributed by atoms with E-state index in [0.717, 1.165) is 60.3 Å². The summed E-state index contributed by atoms with van der Waals surface area (Å²) in [5, 5.41) is 8.08. The van der Waals surface area contributed by atoms with Gasteiger partial charge in [0.2, 0.25) is 0 Å². The second kappa shape index (κ2) is 10.9. The summed E-state index contributed by atoms with van der Waals surface area (Å²) in [7, 11) is 0. The van der Waals surface area contributed by atoms with E-state index in [1.165, 1.54) is 5.56 Å². The summed E-state index contributed by atoms with van der Waals surface area (Å²) in [5.74, 6) is -0.0558. The lowest BCUT2D eigenvalue weighted by Crippen LogP contribution is -2.30. The Balaban J connectivity index is 2.10. The summed E-state index contributed by atoms with van der Waals surface area (Å²) in [4.78, 5) is 13.2. The van der Waals surface area contributed by atoms with Crippen molar-refractivity contribution in [2.75, 3.05) is 13.1 Å². The highest BCUT2D eigenvalue weighted by Gasteiger charge is 2.22. The molecule has 0 aromatic heterocycles. The largest absolute Gasteiger partial charge is 0.330 e. The number of halogens is 1. The van der Waals surface area contributed by atoms with Gasteiger partial charge in [-0.15, -0.1) is 0 Å². The number of hydrogen-bond acceptors (Lipinski definition) is 4. The summed E-state index contributed by atoms with van der Waals surface area (Å²) in [5.41, 5.74) is 13.6. The Morgan fingerprint density at radius 3 is 2.50 bits per heavy atom. The van der Waals surface area contributed by atoms with Gasteiger partial charge < -0.3 is 16.8 Å². The molecule has 3 aromatic carbocycles. The minimum Gasteiger partial charge on any atom is -0.330 e. The topological polar surface area (TPSA) is 81.1 Å². The highest BCUT2D eigenvalue weighted by atomic mass is 35.5. The first-order valence-corrected chi connectivity index (χ1v) is 11.3. The number of benzene rings is 3. The minimum absolute atomic E-state index is 0.0558. The molecule has 4 nitrogen and oxygen atoms in total. The lowest BCUT2D eigenvalue weighted by atomic mass is 9.90. The fourth-order valence-corrected chi connectivity index (χ4v) is 4.38. The van der Waals surface area contributed by atoms with E-state index in [1.807, 2.05) is 30.3 Å². The first-order valence-electron chi connectivity index (χ1n) is 10.9. The van der Waals surface area contributed by atoms with Crippen LogP contribution in [0.4, 0.5) is 0 Å². The van der Waals surface area contributed by atoms with Crippen molar-refractivity contribution >= 4 is 38.9 Å². The molecule has 3 aromatic rings. The predicted octanol–water partition coefficient (Wildman–Crippen LogP) is 5.18. The first kappa shape index (κ1) is 22.7. The predicted molar refractivity (Wildman–Crippen MR) is 128 cm³/mol. The molecule has 0 amide bonds. The third-order valence-corrected chi connectivity index (χ3v) is 6.07. The van der Waals surface area contributed by atoms with Crippen LogP contribution in [-0.2, 0) is 6.54 Å². The van der Waals surface area contributed by atoms with Gasteiger partial charge in [-0.2, -0.15) is 0 Å². The molecule has 5 heteroatoms. The van der Waals surface area contributed by atoms with Crippen molar-refractivity contribution in [2.45, 2.75) is 51.6 Å². The van der Waals surface area contributed by atoms with Crippen molar-refractivity contribution in [1.29, 1.82) is 0 Å². The van der Waals surface area contributed by atoms with E-state index in [0.29, 0.717) is 23.6 Å². The zero-order valence-corrected chi connectivity index (χ0v) is 18.5. The van der Waals surface area contributed by atoms with Crippen molar-refractivity contribution in [3.63, 3.8) is 0 Å². The molecule has 1 atom stereocenters. The minimum atomic E-state index is -0.546. The molecule has 0 heterocycles. The molecule has 0 unspecified atom stereocenters. The second-order valence-corrected chi connectivity index (χ2v) is 8.23. The number of ketones is 1. The van der Waals surface area contributed by atoms with E-state index >= 15 is 0 Å². The number of nitrogens with two attached hydrogens (primary N) is 2. The molecule has 0 aliphatic carbocycles. The van der Waals surface area contributed by atoms with Crippen LogP contribution in [0.25, 0.3) is 21.5 Å². The van der Waals surface area contributed by atoms with Crippen molar-refractivity contribution in [3.8, 4) is 0 Å². The van der Waals surface area contributed by atoms with Crippen LogP contribution in [0.1, 0.15) is 54.9 Å². The van der Waals surface area contributed by atoms with E-state index in [9.17, 15) is 4.79 Å². The number of hydrogen-bond donors (Lipinski definition) is 3. The number of rotatable bonds is 11. The Labute approximate surface area is 184 Å². The number of carbonyl (C=O) groups excluding carboxylic acids is 1. The van der Waals surface area contributed by atoms with Gasteiger partial charge in [-0.25, -0.2) is 0 Å². The van der Waals surface area contributed by atoms with Gasteiger partial charge in [0.25, 0.3) is 0 Å². The van der Waals surface area contributed by atoms with E-state index in [1.54, 1.807) is 0 Å². The smallest absolute Gasteiger partial charge is 0.180 e. The van der Waals surface area contributed by atoms with Gasteiger partial charge in [-0.05, 0) is 48.7 Å². The maximum Gasteiger partial charge on any atom is 0.180 e. The molecule has 0 bridgehead atoms. The average molecular weight is 426 g/mol. The monoisotopic (exact) mass is 425 g/mol. The van der Waals surface area contributed by atoms with E-state index in [-0.39, 0.29) is 5.78 Å². The van der Waals surface area contributed by atoms with Gasteiger partial charge in [-0.1, -0.05) is 73.8 Å². The van der Waals surface area contributed by atoms with Crippen LogP contribution >= 0.6 is 11.6 Å². The van der Waals surface area contributed by atoms with Gasteiger partial charge in [0.1, 0.15) is 0 Å². The first-order chi connectivity index (χ1) is 14.6. The third-order valence-electron chi connectivity index (χ3n) is 5.68. The van der Waals surface area contributed by atoms with Crippen LogP contribution < -0.4 is 16.8 Å². The Bertz CT molecular complexity index is 1020. The lowest BCUT2D eigenvalue weighted by molar-refractivity contribution is 0.0957. The van der Waals surface area contributed by atoms with Crippen molar-refractivity contribution in [2.24, 2.45) is 11.5 Å². The molecular weight excluding hydrogens is 394 g/mol. The highest BCUT2D eigenvalue weighted by Crippen LogP contribution is 2.38. The number of fused-ring (bicyclic) bond motifs is 2. The molecule has 0 radical (unpaired) electrons. The number of unbranched alkanes of at least 4 members (excludes halogenated alkanes) is 2. The van der Waals surface area contributed by atoms with E-state index in [4.69, 9.17) is 23.1 Å². The molecule has 0 saturated heterocycles. The molecule has 30 heavy (non-hydrogen) atoms. The van der Waals surface area contributed by atoms with Gasteiger partial charge >= 0.3 is 0 Å². The number of nitrogens with one attached hydrogen (secondary N) is 1. The van der Waals surface area contributed by atoms with Crippen molar-refractivity contribution < 1.29 is 4.79 Å². The highest BCUT2D eigenvalue weighted by molar-refractivity contribution is 6.42. The van der Waals surface area contributed by atoms with Crippen LogP contribution in [0.2, 0.25) is 5.02 Å². The number of carbonyl (C=O) groups is 1. The fourth-order valence-electron chi connectivity index (χ4n) is 4.01. The molecule has 0 aliphatic rings. The van der Waals surface area contributed by atoms with Gasteiger partial charge in [0.05, 0.1) is 11.1 Å². The Hall–Kier alpha value is -1.98. The van der Waals surface area contributed by atoms with Gasteiger partial charge in [0.15, 0.2) is 5.78 Å². The van der Waals surface area contributed by atoms with Crippen LogP contribution in [0, 0.1) is 0 Å². The summed E-state index contributed by atoms with van der Waals surface area (Å²) >= 11 is 6.88. The third kappa shape index (κ3) is 4.84. The second-order valence-electron chi connectivity index (χ2n) is 7.85. The normalized spacial score (nSPS) is 12.5. The molecule has 3 rings (SSSR count). The SMILES string of the molecule is CCCCNCc1c2ccccc2c(Cl)c2c(C(=O)[C@@H](N)CCCCN)cccc12. The average Bonchev–Trinajstić information content (AvgIpc) is 2.77.